The summed E-state index contributed by atoms with van der Waals surface area (Å²) in [7, 11) is 0. The minimum absolute atomic E-state index is 1.06. The second kappa shape index (κ2) is 20.0. The Labute approximate surface area is 439 Å². The molecule has 0 aromatic heterocycles. The highest BCUT2D eigenvalue weighted by atomic mass is 15.1. The molecule has 0 aliphatic carbocycles. The van der Waals surface area contributed by atoms with Crippen molar-refractivity contribution in [2.24, 2.45) is 0 Å². The van der Waals surface area contributed by atoms with E-state index in [2.05, 4.69) is 314 Å². The van der Waals surface area contributed by atoms with Crippen molar-refractivity contribution in [2.45, 2.75) is 0 Å². The molecule has 0 saturated carbocycles. The molecule has 0 unspecified atom stereocenters. The third-order valence-electron chi connectivity index (χ3n) is 14.7. The molecule has 75 heavy (non-hydrogen) atoms. The minimum Gasteiger partial charge on any atom is -0.310 e. The van der Waals surface area contributed by atoms with Crippen LogP contribution in [0.1, 0.15) is 0 Å². The van der Waals surface area contributed by atoms with Gasteiger partial charge in [0.15, 0.2) is 0 Å². The second-order valence-electron chi connectivity index (χ2n) is 19.2. The molecule has 0 radical (unpaired) electrons. The first-order valence-corrected chi connectivity index (χ1v) is 25.8. The Morgan fingerprint density at radius 3 is 1.08 bits per heavy atom. The lowest BCUT2D eigenvalue weighted by atomic mass is 9.82. The normalized spacial score (nSPS) is 11.2. The van der Waals surface area contributed by atoms with Gasteiger partial charge in [0.1, 0.15) is 0 Å². The molecule has 0 amide bonds. The van der Waals surface area contributed by atoms with Gasteiger partial charge in [-0.2, -0.15) is 0 Å². The van der Waals surface area contributed by atoms with Crippen LogP contribution in [-0.4, -0.2) is 0 Å². The SMILES string of the molecule is c1ccc(-c2cc(-c3ccccc3)cc(N(c3ccc(-c4ccc(-c5ccccc5)cc4-c4ccccc4)cc3)c3ccc(-c4cccc5c4c(-c4ccccc4)c(-c4ccccc4)c4ccccc45)cc3)c2)cc1. The van der Waals surface area contributed by atoms with E-state index in [-0.39, 0.29) is 0 Å². The summed E-state index contributed by atoms with van der Waals surface area (Å²) >= 11 is 0. The van der Waals surface area contributed by atoms with Crippen molar-refractivity contribution in [1.29, 1.82) is 0 Å². The van der Waals surface area contributed by atoms with Gasteiger partial charge in [-0.05, 0) is 159 Å². The Balaban J connectivity index is 0.990. The van der Waals surface area contributed by atoms with Crippen molar-refractivity contribution in [2.75, 3.05) is 4.90 Å². The summed E-state index contributed by atoms with van der Waals surface area (Å²) in [5.41, 5.74) is 22.2. The molecule has 13 aromatic rings. The smallest absolute Gasteiger partial charge is 0.0473 e. The van der Waals surface area contributed by atoms with Crippen molar-refractivity contribution in [3.8, 4) is 89.0 Å². The van der Waals surface area contributed by atoms with E-state index in [0.717, 1.165) is 39.3 Å². The maximum absolute atomic E-state index is 2.42. The van der Waals surface area contributed by atoms with Gasteiger partial charge in [0.05, 0.1) is 0 Å². The lowest BCUT2D eigenvalue weighted by Gasteiger charge is -2.27. The molecule has 1 nitrogen and oxygen atoms in total. The summed E-state index contributed by atoms with van der Waals surface area (Å²) < 4.78 is 0. The van der Waals surface area contributed by atoms with Gasteiger partial charge in [-0.15, -0.1) is 0 Å². The van der Waals surface area contributed by atoms with Crippen molar-refractivity contribution < 1.29 is 0 Å². The zero-order chi connectivity index (χ0) is 49.9. The Morgan fingerprint density at radius 2 is 0.560 bits per heavy atom. The summed E-state index contributed by atoms with van der Waals surface area (Å²) in [4.78, 5) is 2.42. The van der Waals surface area contributed by atoms with Gasteiger partial charge in [-0.1, -0.05) is 261 Å². The quantitative estimate of drug-likeness (QED) is 0.117. The molecule has 0 heterocycles. The van der Waals surface area contributed by atoms with Crippen LogP contribution in [0.2, 0.25) is 0 Å². The van der Waals surface area contributed by atoms with Gasteiger partial charge in [-0.25, -0.2) is 0 Å². The fourth-order valence-corrected chi connectivity index (χ4v) is 11.1. The molecule has 0 bridgehead atoms. The Bertz CT molecular complexity index is 4040. The van der Waals surface area contributed by atoms with E-state index in [1.807, 2.05) is 0 Å². The number of benzene rings is 13. The first-order chi connectivity index (χ1) is 37.2. The maximum Gasteiger partial charge on any atom is 0.0473 e. The molecular weight excluding hydrogens is 903 g/mol. The molecule has 0 saturated heterocycles. The molecule has 13 rings (SSSR count). The molecular formula is C74H51N. The van der Waals surface area contributed by atoms with Gasteiger partial charge >= 0.3 is 0 Å². The predicted octanol–water partition coefficient (Wildman–Crippen LogP) is 20.8. The van der Waals surface area contributed by atoms with E-state index in [9.17, 15) is 0 Å². The fourth-order valence-electron chi connectivity index (χ4n) is 11.1. The summed E-state index contributed by atoms with van der Waals surface area (Å²) in [6.45, 7) is 0. The van der Waals surface area contributed by atoms with Crippen LogP contribution in [0.5, 0.6) is 0 Å². The first-order valence-electron chi connectivity index (χ1n) is 25.8. The lowest BCUT2D eigenvalue weighted by Crippen LogP contribution is -2.10. The van der Waals surface area contributed by atoms with E-state index in [4.69, 9.17) is 0 Å². The summed E-state index contributed by atoms with van der Waals surface area (Å²) in [5, 5.41) is 4.98. The maximum atomic E-state index is 2.42. The van der Waals surface area contributed by atoms with Crippen LogP contribution in [0, 0.1) is 0 Å². The Morgan fingerprint density at radius 1 is 0.173 bits per heavy atom. The van der Waals surface area contributed by atoms with E-state index < -0.39 is 0 Å². The number of hydrogen-bond acceptors (Lipinski definition) is 1. The van der Waals surface area contributed by atoms with Crippen molar-refractivity contribution in [3.63, 3.8) is 0 Å². The standard InChI is InChI=1S/C74H51N/c1-7-22-52(23-8-1)60-42-47-66(71(51-60)55-28-13-4-14-29-55)56-38-43-63(44-39-56)75(65-49-61(53-24-9-2-10-25-53)48-62(50-65)54-26-11-3-12-27-54)64-45-40-57(41-46-64)67-36-21-37-70-68-34-19-20-35-69(68)72(58-30-15-5-16-31-58)73(74(67)70)59-32-17-6-18-33-59/h1-51H. The highest BCUT2D eigenvalue weighted by Crippen LogP contribution is 2.49. The average molecular weight is 954 g/mol. The van der Waals surface area contributed by atoms with Crippen LogP contribution < -0.4 is 4.90 Å². The number of rotatable bonds is 11. The van der Waals surface area contributed by atoms with Crippen LogP contribution >= 0.6 is 0 Å². The largest absolute Gasteiger partial charge is 0.310 e. The summed E-state index contributed by atoms with van der Waals surface area (Å²) in [6, 6.07) is 113. The molecule has 0 atom stereocenters. The van der Waals surface area contributed by atoms with E-state index in [1.165, 1.54) is 88.3 Å². The highest BCUT2D eigenvalue weighted by Gasteiger charge is 2.22. The van der Waals surface area contributed by atoms with Gasteiger partial charge in [0, 0.05) is 17.1 Å². The van der Waals surface area contributed by atoms with Crippen molar-refractivity contribution in [3.05, 3.63) is 309 Å². The van der Waals surface area contributed by atoms with E-state index >= 15 is 0 Å². The van der Waals surface area contributed by atoms with Crippen molar-refractivity contribution in [1.82, 2.24) is 0 Å². The average Bonchev–Trinajstić information content (AvgIpc) is 3.51. The zero-order valence-corrected chi connectivity index (χ0v) is 41.4. The molecule has 0 aliphatic heterocycles. The second-order valence-corrected chi connectivity index (χ2v) is 19.2. The highest BCUT2D eigenvalue weighted by molar-refractivity contribution is 6.25. The van der Waals surface area contributed by atoms with Gasteiger partial charge in [0.2, 0.25) is 0 Å². The van der Waals surface area contributed by atoms with Crippen LogP contribution in [0.4, 0.5) is 17.1 Å². The minimum atomic E-state index is 1.06. The monoisotopic (exact) mass is 953 g/mol. The van der Waals surface area contributed by atoms with Crippen LogP contribution in [-0.2, 0) is 0 Å². The van der Waals surface area contributed by atoms with Crippen LogP contribution in [0.15, 0.2) is 309 Å². The van der Waals surface area contributed by atoms with Crippen LogP contribution in [0.3, 0.4) is 0 Å². The molecule has 352 valence electrons. The summed E-state index contributed by atoms with van der Waals surface area (Å²) in [5.74, 6) is 0. The van der Waals surface area contributed by atoms with Crippen LogP contribution in [0.25, 0.3) is 111 Å². The zero-order valence-electron chi connectivity index (χ0n) is 41.4. The van der Waals surface area contributed by atoms with E-state index in [0.29, 0.717) is 0 Å². The van der Waals surface area contributed by atoms with Gasteiger partial charge < -0.3 is 4.90 Å². The fraction of sp³-hybridized carbons (Fsp3) is 0. The number of hydrogen-bond donors (Lipinski definition) is 0. The predicted molar refractivity (Wildman–Crippen MR) is 320 cm³/mol. The summed E-state index contributed by atoms with van der Waals surface area (Å²) in [6.07, 6.45) is 0. The van der Waals surface area contributed by atoms with Gasteiger partial charge in [0.25, 0.3) is 0 Å². The van der Waals surface area contributed by atoms with Gasteiger partial charge in [-0.3, -0.25) is 0 Å². The number of fused-ring (bicyclic) bond motifs is 3. The van der Waals surface area contributed by atoms with E-state index in [1.54, 1.807) is 0 Å². The first kappa shape index (κ1) is 45.1. The molecule has 1 heteroatoms. The lowest BCUT2D eigenvalue weighted by molar-refractivity contribution is 1.28. The molecule has 13 aromatic carbocycles. The topological polar surface area (TPSA) is 3.24 Å². The number of nitrogens with zero attached hydrogens (tertiary/aromatic N) is 1. The molecule has 0 aliphatic rings. The molecule has 0 fully saturated rings. The third-order valence-corrected chi connectivity index (χ3v) is 14.7. The molecule has 0 N–H and O–H groups in total. The third kappa shape index (κ3) is 8.77. The number of anilines is 3. The molecule has 0 spiro atoms. The Hall–Kier alpha value is -9.82. The van der Waals surface area contributed by atoms with Crippen molar-refractivity contribution >= 4 is 38.6 Å². The Kier molecular flexibility index (Phi) is 12.0.